The Kier molecular flexibility index (Phi) is 8.96. The molecule has 7 N–H and O–H groups in total. The number of nitrogens with zero attached hydrogens (tertiary/aromatic N) is 1. The van der Waals surface area contributed by atoms with Crippen LogP contribution in [0.2, 0.25) is 0 Å². The zero-order chi connectivity index (χ0) is 20.7. The number of hydrogen-bond acceptors (Lipinski definition) is 8. The van der Waals surface area contributed by atoms with E-state index in [0.717, 1.165) is 4.90 Å². The largest absolute Gasteiger partial charge is 0.480 e. The summed E-state index contributed by atoms with van der Waals surface area (Å²) in [4.78, 5) is 49.1. The van der Waals surface area contributed by atoms with Gasteiger partial charge >= 0.3 is 5.97 Å². The van der Waals surface area contributed by atoms with Crippen LogP contribution in [0, 0.1) is 0 Å². The van der Waals surface area contributed by atoms with Crippen molar-refractivity contribution in [3.8, 4) is 0 Å². The van der Waals surface area contributed by atoms with Crippen molar-refractivity contribution in [1.82, 2.24) is 15.5 Å². The minimum absolute atomic E-state index is 0.0198. The van der Waals surface area contributed by atoms with Crippen molar-refractivity contribution in [2.75, 3.05) is 18.9 Å². The van der Waals surface area contributed by atoms with Gasteiger partial charge in [0.2, 0.25) is 17.7 Å². The molecule has 0 aromatic carbocycles. The van der Waals surface area contributed by atoms with E-state index in [9.17, 15) is 34.5 Å². The van der Waals surface area contributed by atoms with Crippen LogP contribution >= 0.6 is 12.6 Å². The zero-order valence-corrected chi connectivity index (χ0v) is 15.8. The summed E-state index contributed by atoms with van der Waals surface area (Å²) in [6.45, 7) is 0.683. The molecule has 3 amide bonds. The summed E-state index contributed by atoms with van der Waals surface area (Å²) >= 11 is 3.86. The SMILES string of the molecule is CC(O)C(NC(=O)C(CO)NC(=O)C(N)CS)C(=O)N1CCCC1C(=O)O. The number of hydrogen-bond donors (Lipinski definition) is 7. The van der Waals surface area contributed by atoms with Gasteiger partial charge in [-0.05, 0) is 19.8 Å². The third-order valence-corrected chi connectivity index (χ3v) is 4.61. The van der Waals surface area contributed by atoms with E-state index < -0.39 is 60.6 Å². The summed E-state index contributed by atoms with van der Waals surface area (Å²) < 4.78 is 0. The van der Waals surface area contributed by atoms with E-state index >= 15 is 0 Å². The topological polar surface area (TPSA) is 182 Å². The predicted molar refractivity (Wildman–Crippen MR) is 96.8 cm³/mol. The van der Waals surface area contributed by atoms with Crippen LogP contribution in [0.5, 0.6) is 0 Å². The summed E-state index contributed by atoms with van der Waals surface area (Å²) in [7, 11) is 0. The van der Waals surface area contributed by atoms with Crippen LogP contribution in [0.25, 0.3) is 0 Å². The quantitative estimate of drug-likeness (QED) is 0.194. The van der Waals surface area contributed by atoms with Crippen molar-refractivity contribution in [2.45, 2.75) is 50.0 Å². The number of rotatable bonds is 9. The van der Waals surface area contributed by atoms with Gasteiger partial charge in [-0.1, -0.05) is 0 Å². The van der Waals surface area contributed by atoms with E-state index in [1.54, 1.807) is 0 Å². The Morgan fingerprint density at radius 2 is 1.89 bits per heavy atom. The molecule has 0 aromatic heterocycles. The van der Waals surface area contributed by atoms with Crippen molar-refractivity contribution < 1.29 is 34.5 Å². The van der Waals surface area contributed by atoms with Crippen LogP contribution in [-0.2, 0) is 19.2 Å². The standard InChI is InChI=1S/C15H26N4O7S/c1-7(21)11(14(24)19-4-2-3-10(19)15(25)26)18-13(23)9(5-20)17-12(22)8(16)6-27/h7-11,20-21,27H,2-6,16H2,1H3,(H,17,22)(H,18,23)(H,25,26). The maximum absolute atomic E-state index is 12.6. The fraction of sp³-hybridized carbons (Fsp3) is 0.733. The van der Waals surface area contributed by atoms with Gasteiger partial charge in [0.15, 0.2) is 0 Å². The van der Waals surface area contributed by atoms with Crippen molar-refractivity contribution in [1.29, 1.82) is 0 Å². The molecule has 11 nitrogen and oxygen atoms in total. The maximum Gasteiger partial charge on any atom is 0.326 e. The second-order valence-corrected chi connectivity index (χ2v) is 6.65. The average Bonchev–Trinajstić information content (AvgIpc) is 3.12. The number of aliphatic hydroxyl groups excluding tert-OH is 2. The number of amides is 3. The van der Waals surface area contributed by atoms with Crippen LogP contribution in [0.1, 0.15) is 19.8 Å². The van der Waals surface area contributed by atoms with Gasteiger partial charge in [-0.15, -0.1) is 0 Å². The van der Waals surface area contributed by atoms with E-state index in [-0.39, 0.29) is 18.7 Å². The third-order valence-electron chi connectivity index (χ3n) is 4.22. The number of nitrogens with one attached hydrogen (secondary N) is 2. The fourth-order valence-electron chi connectivity index (χ4n) is 2.66. The summed E-state index contributed by atoms with van der Waals surface area (Å²) in [5.74, 6) is -3.53. The molecular weight excluding hydrogens is 380 g/mol. The molecule has 1 aliphatic heterocycles. The monoisotopic (exact) mass is 406 g/mol. The van der Waals surface area contributed by atoms with Gasteiger partial charge in [0.25, 0.3) is 0 Å². The van der Waals surface area contributed by atoms with Gasteiger partial charge < -0.3 is 36.6 Å². The Labute approximate surface area is 161 Å². The minimum Gasteiger partial charge on any atom is -0.480 e. The van der Waals surface area contributed by atoms with Gasteiger partial charge in [-0.25, -0.2) is 4.79 Å². The molecule has 0 radical (unpaired) electrons. The molecule has 0 saturated carbocycles. The zero-order valence-electron chi connectivity index (χ0n) is 14.9. The molecule has 154 valence electrons. The molecule has 1 heterocycles. The fourth-order valence-corrected chi connectivity index (χ4v) is 2.83. The van der Waals surface area contributed by atoms with Gasteiger partial charge in [0, 0.05) is 12.3 Å². The van der Waals surface area contributed by atoms with Crippen LogP contribution < -0.4 is 16.4 Å². The van der Waals surface area contributed by atoms with Crippen LogP contribution in [-0.4, -0.2) is 93.1 Å². The van der Waals surface area contributed by atoms with Crippen molar-refractivity contribution in [3.63, 3.8) is 0 Å². The van der Waals surface area contributed by atoms with E-state index in [0.29, 0.717) is 6.42 Å². The number of likely N-dealkylation sites (tertiary alicyclic amines) is 1. The van der Waals surface area contributed by atoms with Crippen molar-refractivity contribution >= 4 is 36.3 Å². The molecule has 1 saturated heterocycles. The molecule has 0 aromatic rings. The number of carbonyl (C=O) groups excluding carboxylic acids is 3. The molecule has 1 fully saturated rings. The molecule has 27 heavy (non-hydrogen) atoms. The smallest absolute Gasteiger partial charge is 0.326 e. The number of carbonyl (C=O) groups is 4. The lowest BCUT2D eigenvalue weighted by Crippen LogP contribution is -2.60. The van der Waals surface area contributed by atoms with Gasteiger partial charge in [0.05, 0.1) is 18.8 Å². The first kappa shape index (κ1) is 23.1. The van der Waals surface area contributed by atoms with Crippen molar-refractivity contribution in [2.24, 2.45) is 5.73 Å². The summed E-state index contributed by atoms with van der Waals surface area (Å²) in [5.41, 5.74) is 5.49. The number of nitrogens with two attached hydrogens (primary N) is 1. The number of carboxylic acid groups (broad SMARTS) is 1. The Morgan fingerprint density at radius 1 is 1.26 bits per heavy atom. The normalized spacial score (nSPS) is 21.1. The summed E-state index contributed by atoms with van der Waals surface area (Å²) in [6, 6.07) is -4.85. The number of aliphatic carboxylic acids is 1. The molecule has 0 bridgehead atoms. The van der Waals surface area contributed by atoms with E-state index in [1.807, 2.05) is 0 Å². The molecule has 1 aliphatic rings. The maximum atomic E-state index is 12.6. The summed E-state index contributed by atoms with van der Waals surface area (Å²) in [5, 5.41) is 32.9. The van der Waals surface area contributed by atoms with Gasteiger partial charge in [-0.3, -0.25) is 14.4 Å². The Balaban J connectivity index is 2.85. The van der Waals surface area contributed by atoms with E-state index in [2.05, 4.69) is 23.3 Å². The predicted octanol–water partition coefficient (Wildman–Crippen LogP) is -3.34. The molecule has 5 atom stereocenters. The first-order valence-corrected chi connectivity index (χ1v) is 9.06. The molecule has 5 unspecified atom stereocenters. The Bertz CT molecular complexity index is 574. The van der Waals surface area contributed by atoms with Crippen LogP contribution in [0.15, 0.2) is 0 Å². The highest BCUT2D eigenvalue weighted by molar-refractivity contribution is 7.80. The number of aliphatic hydroxyl groups is 2. The minimum atomic E-state index is -1.43. The second kappa shape index (κ2) is 10.4. The first-order chi connectivity index (χ1) is 12.6. The van der Waals surface area contributed by atoms with Gasteiger partial charge in [0.1, 0.15) is 18.1 Å². The summed E-state index contributed by atoms with van der Waals surface area (Å²) in [6.07, 6.45) is -0.565. The highest BCUT2D eigenvalue weighted by Crippen LogP contribution is 2.19. The first-order valence-electron chi connectivity index (χ1n) is 8.43. The number of thiol groups is 1. The van der Waals surface area contributed by atoms with Gasteiger partial charge in [-0.2, -0.15) is 12.6 Å². The highest BCUT2D eigenvalue weighted by atomic mass is 32.1. The van der Waals surface area contributed by atoms with Crippen molar-refractivity contribution in [3.05, 3.63) is 0 Å². The lowest BCUT2D eigenvalue weighted by Gasteiger charge is -2.29. The Morgan fingerprint density at radius 3 is 2.37 bits per heavy atom. The highest BCUT2D eigenvalue weighted by Gasteiger charge is 2.39. The van der Waals surface area contributed by atoms with E-state index in [4.69, 9.17) is 5.73 Å². The lowest BCUT2D eigenvalue weighted by atomic mass is 10.1. The third kappa shape index (κ3) is 6.06. The molecule has 12 heteroatoms. The molecule has 1 rings (SSSR count). The average molecular weight is 406 g/mol. The Hall–Kier alpha value is -1.89. The lowest BCUT2D eigenvalue weighted by molar-refractivity contribution is -0.150. The molecule has 0 spiro atoms. The second-order valence-electron chi connectivity index (χ2n) is 6.29. The molecular formula is C15H26N4O7S. The molecule has 0 aliphatic carbocycles. The number of carboxylic acids is 1. The van der Waals surface area contributed by atoms with Crippen LogP contribution in [0.3, 0.4) is 0 Å². The van der Waals surface area contributed by atoms with E-state index in [1.165, 1.54) is 6.92 Å². The van der Waals surface area contributed by atoms with Crippen LogP contribution in [0.4, 0.5) is 0 Å².